The van der Waals surface area contributed by atoms with Crippen molar-refractivity contribution in [3.05, 3.63) is 0 Å². The van der Waals surface area contributed by atoms with E-state index in [0.29, 0.717) is 24.6 Å². The van der Waals surface area contributed by atoms with Gasteiger partial charge in [-0.15, -0.1) is 9.60 Å². The normalized spacial score (nSPS) is 22.5. The lowest BCUT2D eigenvalue weighted by Crippen LogP contribution is -2.17. The predicted octanol–water partition coefficient (Wildman–Crippen LogP) is 0.895. The number of carbonyl (C=O) groups is 1. The molecule has 1 atom stereocenters. The van der Waals surface area contributed by atoms with Gasteiger partial charge in [-0.1, -0.05) is 0 Å². The van der Waals surface area contributed by atoms with E-state index in [1.807, 2.05) is 20.8 Å². The molecular weight excluding hydrogens is 189 g/mol. The van der Waals surface area contributed by atoms with E-state index in [2.05, 4.69) is 4.74 Å². The third-order valence-corrected chi connectivity index (χ3v) is 1.52. The standard InChI is InChI=1S/C5H10O2.C4H8FNO/c1-5(2,3)7-4-6;5-6-2-1-4(7)3-6/h4H,1-3H3;4,7H,1-3H2. The number of ether oxygens (including phenoxy) is 1. The molecular formula is C9H18FNO3. The fourth-order valence-electron chi connectivity index (χ4n) is 0.845. The first kappa shape index (κ1) is 13.3. The summed E-state index contributed by atoms with van der Waals surface area (Å²) in [5.74, 6) is 0. The van der Waals surface area contributed by atoms with Gasteiger partial charge in [0, 0.05) is 6.54 Å². The number of aliphatic hydroxyl groups is 1. The third kappa shape index (κ3) is 7.94. The van der Waals surface area contributed by atoms with Crippen molar-refractivity contribution in [2.45, 2.75) is 38.9 Å². The number of rotatable bonds is 1. The molecule has 14 heavy (non-hydrogen) atoms. The summed E-state index contributed by atoms with van der Waals surface area (Å²) < 4.78 is 16.4. The third-order valence-electron chi connectivity index (χ3n) is 1.52. The first-order valence-electron chi connectivity index (χ1n) is 4.55. The molecule has 0 spiro atoms. The zero-order valence-corrected chi connectivity index (χ0v) is 8.86. The number of β-amino-alcohol motifs (C(OH)–C–C–N with tert-alkyl or cyclic N) is 1. The summed E-state index contributed by atoms with van der Waals surface area (Å²) in [6, 6.07) is 0. The molecule has 1 rings (SSSR count). The van der Waals surface area contributed by atoms with Gasteiger partial charge in [-0.25, -0.2) is 0 Å². The number of hydrogen-bond acceptors (Lipinski definition) is 4. The predicted molar refractivity (Wildman–Crippen MR) is 50.2 cm³/mol. The molecule has 84 valence electrons. The molecule has 1 unspecified atom stereocenters. The molecule has 1 aliphatic heterocycles. The molecule has 1 fully saturated rings. The lowest BCUT2D eigenvalue weighted by Gasteiger charge is -2.14. The van der Waals surface area contributed by atoms with Crippen molar-refractivity contribution in [1.82, 2.24) is 5.12 Å². The zero-order valence-electron chi connectivity index (χ0n) is 8.86. The average Bonchev–Trinajstić information content (AvgIpc) is 2.33. The summed E-state index contributed by atoms with van der Waals surface area (Å²) in [7, 11) is 0. The number of halogens is 1. The Morgan fingerprint density at radius 3 is 2.21 bits per heavy atom. The molecule has 0 radical (unpaired) electrons. The van der Waals surface area contributed by atoms with Crippen molar-refractivity contribution < 1.29 is 19.1 Å². The van der Waals surface area contributed by atoms with Crippen molar-refractivity contribution in [2.75, 3.05) is 13.1 Å². The quantitative estimate of drug-likeness (QED) is 0.512. The van der Waals surface area contributed by atoms with Crippen molar-refractivity contribution in [3.63, 3.8) is 0 Å². The van der Waals surface area contributed by atoms with Crippen LogP contribution in [0.2, 0.25) is 0 Å². The number of hydrogen-bond donors (Lipinski definition) is 1. The van der Waals surface area contributed by atoms with Crippen molar-refractivity contribution in [3.8, 4) is 0 Å². The van der Waals surface area contributed by atoms with Gasteiger partial charge in [0.15, 0.2) is 0 Å². The van der Waals surface area contributed by atoms with Crippen LogP contribution in [0, 0.1) is 0 Å². The van der Waals surface area contributed by atoms with Crippen LogP contribution in [0.25, 0.3) is 0 Å². The first-order valence-corrected chi connectivity index (χ1v) is 4.55. The molecule has 1 N–H and O–H groups in total. The molecule has 0 aromatic heterocycles. The Balaban J connectivity index is 0.000000241. The number of aliphatic hydroxyl groups excluding tert-OH is 1. The van der Waals surface area contributed by atoms with Gasteiger partial charge in [0.2, 0.25) is 0 Å². The minimum atomic E-state index is -0.426. The van der Waals surface area contributed by atoms with E-state index in [0.717, 1.165) is 0 Å². The Hall–Kier alpha value is -0.680. The first-order chi connectivity index (χ1) is 6.35. The van der Waals surface area contributed by atoms with Crippen LogP contribution >= 0.6 is 0 Å². The molecule has 0 aromatic carbocycles. The average molecular weight is 207 g/mol. The van der Waals surface area contributed by atoms with E-state index in [9.17, 15) is 9.28 Å². The Kier molecular flexibility index (Phi) is 5.64. The fraction of sp³-hybridized carbons (Fsp3) is 0.889. The fourth-order valence-corrected chi connectivity index (χ4v) is 0.845. The highest BCUT2D eigenvalue weighted by molar-refractivity contribution is 5.37. The molecule has 0 bridgehead atoms. The Bertz CT molecular complexity index is 162. The molecule has 0 saturated carbocycles. The summed E-state index contributed by atoms with van der Waals surface area (Å²) in [5, 5.41) is 9.25. The van der Waals surface area contributed by atoms with E-state index in [-0.39, 0.29) is 12.1 Å². The summed E-state index contributed by atoms with van der Waals surface area (Å²) in [5.41, 5.74) is -0.318. The van der Waals surface area contributed by atoms with E-state index in [1.54, 1.807) is 0 Å². The van der Waals surface area contributed by atoms with Gasteiger partial charge in [0.1, 0.15) is 5.60 Å². The maximum Gasteiger partial charge on any atom is 0.293 e. The van der Waals surface area contributed by atoms with E-state index >= 15 is 0 Å². The van der Waals surface area contributed by atoms with Gasteiger partial charge in [0.25, 0.3) is 6.47 Å². The summed E-state index contributed by atoms with van der Waals surface area (Å²) >= 11 is 0. The van der Waals surface area contributed by atoms with Gasteiger partial charge in [-0.05, 0) is 27.2 Å². The van der Waals surface area contributed by atoms with E-state index in [4.69, 9.17) is 5.11 Å². The maximum absolute atomic E-state index is 11.8. The molecule has 5 heteroatoms. The SMILES string of the molecule is CC(C)(C)OC=O.OC1CCN(F)C1. The van der Waals surface area contributed by atoms with Crippen molar-refractivity contribution in [1.29, 1.82) is 0 Å². The number of carbonyl (C=O) groups excluding carboxylic acids is 1. The van der Waals surface area contributed by atoms with Crippen LogP contribution in [0.3, 0.4) is 0 Å². The van der Waals surface area contributed by atoms with Gasteiger partial charge in [-0.3, -0.25) is 4.79 Å². The molecule has 0 amide bonds. The van der Waals surface area contributed by atoms with E-state index in [1.165, 1.54) is 0 Å². The summed E-state index contributed by atoms with van der Waals surface area (Å²) in [4.78, 5) is 9.60. The van der Waals surface area contributed by atoms with Gasteiger partial charge in [-0.2, -0.15) is 0 Å². The molecule has 4 nitrogen and oxygen atoms in total. The molecule has 1 saturated heterocycles. The molecule has 0 aromatic rings. The largest absolute Gasteiger partial charge is 0.462 e. The van der Waals surface area contributed by atoms with Crippen molar-refractivity contribution in [2.24, 2.45) is 0 Å². The second-order valence-corrected chi connectivity index (χ2v) is 4.14. The lowest BCUT2D eigenvalue weighted by molar-refractivity contribution is -0.138. The zero-order chi connectivity index (χ0) is 11.2. The van der Waals surface area contributed by atoms with Gasteiger partial charge < -0.3 is 9.84 Å². The highest BCUT2D eigenvalue weighted by atomic mass is 19.2. The maximum atomic E-state index is 11.8. The summed E-state index contributed by atoms with van der Waals surface area (Å²) in [6.07, 6.45) is 0.154. The highest BCUT2D eigenvalue weighted by Gasteiger charge is 2.18. The highest BCUT2D eigenvalue weighted by Crippen LogP contribution is 2.07. The minimum Gasteiger partial charge on any atom is -0.462 e. The molecule has 1 heterocycles. The van der Waals surface area contributed by atoms with Crippen LogP contribution in [0.1, 0.15) is 27.2 Å². The second kappa shape index (κ2) is 5.93. The topological polar surface area (TPSA) is 49.8 Å². The van der Waals surface area contributed by atoms with E-state index < -0.39 is 6.10 Å². The Morgan fingerprint density at radius 1 is 1.57 bits per heavy atom. The smallest absolute Gasteiger partial charge is 0.293 e. The second-order valence-electron chi connectivity index (χ2n) is 4.14. The monoisotopic (exact) mass is 207 g/mol. The van der Waals surface area contributed by atoms with Crippen LogP contribution in [0.4, 0.5) is 4.48 Å². The van der Waals surface area contributed by atoms with Crippen LogP contribution in [-0.4, -0.2) is 41.5 Å². The molecule has 1 aliphatic rings. The summed E-state index contributed by atoms with van der Waals surface area (Å²) in [6.45, 7) is 6.51. The van der Waals surface area contributed by atoms with Gasteiger partial charge in [0.05, 0.1) is 12.6 Å². The lowest BCUT2D eigenvalue weighted by atomic mass is 10.2. The van der Waals surface area contributed by atoms with Gasteiger partial charge >= 0.3 is 0 Å². The Morgan fingerprint density at radius 2 is 2.14 bits per heavy atom. The van der Waals surface area contributed by atoms with Crippen LogP contribution in [-0.2, 0) is 9.53 Å². The van der Waals surface area contributed by atoms with Crippen molar-refractivity contribution >= 4 is 6.47 Å². The number of nitrogens with zero attached hydrogens (tertiary/aromatic N) is 1. The molecule has 0 aliphatic carbocycles. The van der Waals surface area contributed by atoms with Crippen LogP contribution in [0.15, 0.2) is 0 Å². The van der Waals surface area contributed by atoms with Crippen LogP contribution < -0.4 is 0 Å². The van der Waals surface area contributed by atoms with Crippen LogP contribution in [0.5, 0.6) is 0 Å². The minimum absolute atomic E-state index is 0.194. The Labute approximate surface area is 83.6 Å².